The SMILES string of the molecule is CN1CCCCC/C1=N/Nc1ccccc1. The van der Waals surface area contributed by atoms with Gasteiger partial charge in [0.1, 0.15) is 5.84 Å². The number of benzene rings is 1. The van der Waals surface area contributed by atoms with Crippen molar-refractivity contribution in [1.29, 1.82) is 0 Å². The molecule has 16 heavy (non-hydrogen) atoms. The Morgan fingerprint density at radius 3 is 2.75 bits per heavy atom. The molecule has 86 valence electrons. The van der Waals surface area contributed by atoms with E-state index in [4.69, 9.17) is 0 Å². The molecule has 1 aromatic rings. The van der Waals surface area contributed by atoms with Gasteiger partial charge >= 0.3 is 0 Å². The Balaban J connectivity index is 2.00. The fourth-order valence-electron chi connectivity index (χ4n) is 1.91. The number of amidine groups is 1. The molecule has 1 N–H and O–H groups in total. The van der Waals surface area contributed by atoms with Gasteiger partial charge in [0, 0.05) is 20.0 Å². The highest BCUT2D eigenvalue weighted by Gasteiger charge is 2.10. The first kappa shape index (κ1) is 11.0. The van der Waals surface area contributed by atoms with Gasteiger partial charge in [0.15, 0.2) is 0 Å². The van der Waals surface area contributed by atoms with Gasteiger partial charge in [-0.15, -0.1) is 0 Å². The zero-order valence-electron chi connectivity index (χ0n) is 9.82. The van der Waals surface area contributed by atoms with Crippen LogP contribution >= 0.6 is 0 Å². The Kier molecular flexibility index (Phi) is 3.81. The molecule has 2 rings (SSSR count). The van der Waals surface area contributed by atoms with Crippen LogP contribution in [0.3, 0.4) is 0 Å². The zero-order valence-corrected chi connectivity index (χ0v) is 9.82. The molecular weight excluding hydrogens is 198 g/mol. The molecule has 0 bridgehead atoms. The molecule has 0 aliphatic carbocycles. The third kappa shape index (κ3) is 2.99. The van der Waals surface area contributed by atoms with Crippen LogP contribution in [-0.4, -0.2) is 24.3 Å². The van der Waals surface area contributed by atoms with Crippen LogP contribution in [0.25, 0.3) is 0 Å². The molecule has 0 aromatic heterocycles. The average Bonchev–Trinajstić information content (AvgIpc) is 2.53. The van der Waals surface area contributed by atoms with E-state index in [9.17, 15) is 0 Å². The van der Waals surface area contributed by atoms with Gasteiger partial charge in [-0.3, -0.25) is 5.43 Å². The van der Waals surface area contributed by atoms with Crippen LogP contribution in [0.1, 0.15) is 25.7 Å². The second-order valence-electron chi connectivity index (χ2n) is 4.24. The van der Waals surface area contributed by atoms with Gasteiger partial charge in [-0.1, -0.05) is 24.6 Å². The normalized spacial score (nSPS) is 19.6. The standard InChI is InChI=1S/C13H19N3/c1-16-11-7-3-6-10-13(16)15-14-12-8-4-2-5-9-12/h2,4-5,8-9,14H,3,6-7,10-11H2,1H3/b15-13-. The number of para-hydroxylation sites is 1. The van der Waals surface area contributed by atoms with Crippen LogP contribution < -0.4 is 5.43 Å². The average molecular weight is 217 g/mol. The maximum atomic E-state index is 4.49. The molecule has 0 radical (unpaired) electrons. The molecule has 1 aliphatic rings. The highest BCUT2D eigenvalue weighted by atomic mass is 15.3. The number of nitrogens with zero attached hydrogens (tertiary/aromatic N) is 2. The van der Waals surface area contributed by atoms with E-state index >= 15 is 0 Å². The van der Waals surface area contributed by atoms with Crippen LogP contribution in [-0.2, 0) is 0 Å². The Bertz CT molecular complexity index is 345. The van der Waals surface area contributed by atoms with Gasteiger partial charge in [0.05, 0.1) is 5.69 Å². The zero-order chi connectivity index (χ0) is 11.2. The molecule has 3 heteroatoms. The first-order valence-corrected chi connectivity index (χ1v) is 5.95. The van der Waals surface area contributed by atoms with Crippen LogP contribution in [0, 0.1) is 0 Å². The van der Waals surface area contributed by atoms with E-state index in [0.717, 1.165) is 18.7 Å². The number of hydrogen-bond acceptors (Lipinski definition) is 2. The van der Waals surface area contributed by atoms with Gasteiger partial charge in [-0.25, -0.2) is 0 Å². The smallest absolute Gasteiger partial charge is 0.124 e. The topological polar surface area (TPSA) is 27.6 Å². The molecule has 0 spiro atoms. The summed E-state index contributed by atoms with van der Waals surface area (Å²) < 4.78 is 0. The highest BCUT2D eigenvalue weighted by Crippen LogP contribution is 2.12. The second-order valence-corrected chi connectivity index (χ2v) is 4.24. The van der Waals surface area contributed by atoms with Crippen molar-refractivity contribution in [3.05, 3.63) is 30.3 Å². The van der Waals surface area contributed by atoms with Crippen LogP contribution in [0.4, 0.5) is 5.69 Å². The Morgan fingerprint density at radius 1 is 1.12 bits per heavy atom. The lowest BCUT2D eigenvalue weighted by Gasteiger charge is -2.17. The summed E-state index contributed by atoms with van der Waals surface area (Å²) in [6.07, 6.45) is 4.92. The summed E-state index contributed by atoms with van der Waals surface area (Å²) in [5, 5.41) is 4.49. The first-order chi connectivity index (χ1) is 7.86. The minimum atomic E-state index is 1.05. The maximum absolute atomic E-state index is 4.49. The van der Waals surface area contributed by atoms with Crippen molar-refractivity contribution in [3.63, 3.8) is 0 Å². The lowest BCUT2D eigenvalue weighted by atomic mass is 10.2. The van der Waals surface area contributed by atoms with E-state index in [0.29, 0.717) is 0 Å². The molecule has 1 heterocycles. The highest BCUT2D eigenvalue weighted by molar-refractivity contribution is 5.83. The fraction of sp³-hybridized carbons (Fsp3) is 0.462. The van der Waals surface area contributed by atoms with Crippen molar-refractivity contribution in [2.45, 2.75) is 25.7 Å². The Hall–Kier alpha value is -1.51. The predicted octanol–water partition coefficient (Wildman–Crippen LogP) is 2.92. The van der Waals surface area contributed by atoms with E-state index in [1.54, 1.807) is 0 Å². The number of nitrogens with one attached hydrogen (secondary N) is 1. The summed E-state index contributed by atoms with van der Waals surface area (Å²) in [6, 6.07) is 10.1. The van der Waals surface area contributed by atoms with Crippen LogP contribution in [0.15, 0.2) is 35.4 Å². The minimum Gasteiger partial charge on any atom is -0.362 e. The minimum absolute atomic E-state index is 1.05. The van der Waals surface area contributed by atoms with E-state index in [2.05, 4.69) is 22.5 Å². The predicted molar refractivity (Wildman–Crippen MR) is 68.6 cm³/mol. The molecule has 0 saturated carbocycles. The molecule has 1 saturated heterocycles. The molecule has 1 aromatic carbocycles. The fourth-order valence-corrected chi connectivity index (χ4v) is 1.91. The molecule has 1 aliphatic heterocycles. The summed E-state index contributed by atoms with van der Waals surface area (Å²) in [5.74, 6) is 1.17. The number of anilines is 1. The van der Waals surface area contributed by atoms with Crippen molar-refractivity contribution in [1.82, 2.24) is 4.90 Å². The molecule has 0 amide bonds. The first-order valence-electron chi connectivity index (χ1n) is 5.95. The van der Waals surface area contributed by atoms with Gasteiger partial charge in [0.2, 0.25) is 0 Å². The van der Waals surface area contributed by atoms with Gasteiger partial charge < -0.3 is 4.90 Å². The van der Waals surface area contributed by atoms with Crippen molar-refractivity contribution in [2.24, 2.45) is 5.10 Å². The number of rotatable bonds is 2. The third-order valence-corrected chi connectivity index (χ3v) is 2.92. The summed E-state index contributed by atoms with van der Waals surface area (Å²) >= 11 is 0. The summed E-state index contributed by atoms with van der Waals surface area (Å²) in [5.41, 5.74) is 4.17. The lowest BCUT2D eigenvalue weighted by molar-refractivity contribution is 0.493. The molecule has 1 fully saturated rings. The van der Waals surface area contributed by atoms with Gasteiger partial charge in [-0.2, -0.15) is 5.10 Å². The molecule has 0 unspecified atom stereocenters. The summed E-state index contributed by atoms with van der Waals surface area (Å²) in [4.78, 5) is 2.25. The van der Waals surface area contributed by atoms with Gasteiger partial charge in [-0.05, 0) is 25.0 Å². The quantitative estimate of drug-likeness (QED) is 0.771. The van der Waals surface area contributed by atoms with E-state index in [-0.39, 0.29) is 0 Å². The van der Waals surface area contributed by atoms with Crippen molar-refractivity contribution >= 4 is 11.5 Å². The van der Waals surface area contributed by atoms with Crippen LogP contribution in [0.2, 0.25) is 0 Å². The second kappa shape index (κ2) is 5.54. The van der Waals surface area contributed by atoms with E-state index < -0.39 is 0 Å². The molecule has 0 atom stereocenters. The van der Waals surface area contributed by atoms with Crippen molar-refractivity contribution in [3.8, 4) is 0 Å². The van der Waals surface area contributed by atoms with Crippen molar-refractivity contribution < 1.29 is 0 Å². The molecular formula is C13H19N3. The maximum Gasteiger partial charge on any atom is 0.124 e. The van der Waals surface area contributed by atoms with Crippen molar-refractivity contribution in [2.75, 3.05) is 19.0 Å². The number of likely N-dealkylation sites (tertiary alicyclic amines) is 1. The summed E-state index contributed by atoms with van der Waals surface area (Å²) in [6.45, 7) is 1.12. The number of hydrazone groups is 1. The summed E-state index contributed by atoms with van der Waals surface area (Å²) in [7, 11) is 2.12. The largest absolute Gasteiger partial charge is 0.362 e. The lowest BCUT2D eigenvalue weighted by Crippen LogP contribution is -2.26. The van der Waals surface area contributed by atoms with Gasteiger partial charge in [0.25, 0.3) is 0 Å². The molecule has 3 nitrogen and oxygen atoms in total. The Morgan fingerprint density at radius 2 is 1.94 bits per heavy atom. The Labute approximate surface area is 97.2 Å². The van der Waals surface area contributed by atoms with E-state index in [1.165, 1.54) is 25.1 Å². The third-order valence-electron chi connectivity index (χ3n) is 2.92. The monoisotopic (exact) mass is 217 g/mol. The van der Waals surface area contributed by atoms with Crippen LogP contribution in [0.5, 0.6) is 0 Å². The number of hydrogen-bond donors (Lipinski definition) is 1. The van der Waals surface area contributed by atoms with E-state index in [1.807, 2.05) is 30.3 Å².